The minimum absolute atomic E-state index is 0.0578. The normalized spacial score (nSPS) is 20.9. The zero-order valence-corrected chi connectivity index (χ0v) is 23.2. The first-order valence-corrected chi connectivity index (χ1v) is 13.6. The molecule has 230 valence electrons. The number of carbonyl (C=O) groups excluding carboxylic acids is 2. The number of rotatable bonds is 5. The first kappa shape index (κ1) is 31.6. The molecule has 42 heavy (non-hydrogen) atoms. The molecule has 2 aliphatic rings. The van der Waals surface area contributed by atoms with E-state index in [1.807, 2.05) is 0 Å². The van der Waals surface area contributed by atoms with Crippen LogP contribution in [0.3, 0.4) is 0 Å². The summed E-state index contributed by atoms with van der Waals surface area (Å²) in [5.74, 6) is -1.88. The van der Waals surface area contributed by atoms with E-state index in [9.17, 15) is 40.3 Å². The molecule has 2 N–H and O–H groups in total. The van der Waals surface area contributed by atoms with Gasteiger partial charge in [0.2, 0.25) is 5.91 Å². The fourth-order valence-corrected chi connectivity index (χ4v) is 6.17. The monoisotopic (exact) mass is 602 g/mol. The fraction of sp³-hybridized carbons (Fsp3) is 0.517. The van der Waals surface area contributed by atoms with Gasteiger partial charge in [0, 0.05) is 51.1 Å². The van der Waals surface area contributed by atoms with Crippen molar-refractivity contribution in [2.45, 2.75) is 57.0 Å². The lowest BCUT2D eigenvalue weighted by molar-refractivity contribution is -0.143. The third-order valence-corrected chi connectivity index (χ3v) is 8.33. The molecule has 2 fully saturated rings. The molecule has 2 aromatic carbocycles. The standard InChI is InChI=1S/C29H33F7N4O2/c1-17-11-21(30)3-4-23(17)25-16-40(22-5-8-39(9-6-22)27(37)42)10-7-24(25)26(41)38(2)15-18-12-19(28(31,32)33)14-20(13-18)29(34,35)36/h3-4,11-14,22,24-25H,5-10,15-16H2,1-2H3,(H2,37,42)/t24-,25?/m0/s1. The molecule has 3 amide bonds. The lowest BCUT2D eigenvalue weighted by Gasteiger charge is -2.45. The summed E-state index contributed by atoms with van der Waals surface area (Å²) in [6.45, 7) is 3.25. The molecule has 2 aromatic rings. The van der Waals surface area contributed by atoms with Gasteiger partial charge in [-0.15, -0.1) is 0 Å². The number of alkyl halides is 6. The topological polar surface area (TPSA) is 69.9 Å². The maximum atomic E-state index is 14.0. The molecule has 2 saturated heterocycles. The lowest BCUT2D eigenvalue weighted by atomic mass is 9.77. The minimum atomic E-state index is -5.00. The Balaban J connectivity index is 1.58. The summed E-state index contributed by atoms with van der Waals surface area (Å²) < 4.78 is 94.2. The van der Waals surface area contributed by atoms with E-state index in [1.54, 1.807) is 17.9 Å². The van der Waals surface area contributed by atoms with Gasteiger partial charge in [-0.05, 0) is 79.8 Å². The van der Waals surface area contributed by atoms with Crippen molar-refractivity contribution in [1.29, 1.82) is 0 Å². The van der Waals surface area contributed by atoms with Crippen molar-refractivity contribution in [2.24, 2.45) is 11.7 Å². The smallest absolute Gasteiger partial charge is 0.351 e. The fourth-order valence-electron chi connectivity index (χ4n) is 6.17. The van der Waals surface area contributed by atoms with Crippen LogP contribution in [0.25, 0.3) is 0 Å². The summed E-state index contributed by atoms with van der Waals surface area (Å²) >= 11 is 0. The summed E-state index contributed by atoms with van der Waals surface area (Å²) in [6, 6.07) is 5.25. The van der Waals surface area contributed by atoms with Crippen LogP contribution in [0.15, 0.2) is 36.4 Å². The molecule has 0 radical (unpaired) electrons. The highest BCUT2D eigenvalue weighted by atomic mass is 19.4. The molecule has 0 saturated carbocycles. The molecular formula is C29H33F7N4O2. The SMILES string of the molecule is Cc1cc(F)ccc1C1CN(C2CCN(C(N)=O)CC2)CC[C@@H]1C(=O)N(C)Cc1cc(C(F)(F)F)cc(C(F)(F)F)c1. The number of benzene rings is 2. The summed E-state index contributed by atoms with van der Waals surface area (Å²) in [4.78, 5) is 30.3. The Morgan fingerprint density at radius 1 is 0.929 bits per heavy atom. The zero-order chi connectivity index (χ0) is 31.0. The Labute approximate surface area is 239 Å². The van der Waals surface area contributed by atoms with Gasteiger partial charge in [0.25, 0.3) is 0 Å². The van der Waals surface area contributed by atoms with Gasteiger partial charge in [-0.25, -0.2) is 9.18 Å². The van der Waals surface area contributed by atoms with Gasteiger partial charge in [-0.3, -0.25) is 9.69 Å². The van der Waals surface area contributed by atoms with Gasteiger partial charge in [0.15, 0.2) is 0 Å². The predicted octanol–water partition coefficient (Wildman–Crippen LogP) is 5.78. The van der Waals surface area contributed by atoms with E-state index in [0.717, 1.165) is 10.5 Å². The number of primary amides is 1. The Morgan fingerprint density at radius 2 is 1.52 bits per heavy atom. The first-order chi connectivity index (χ1) is 19.5. The quantitative estimate of drug-likeness (QED) is 0.442. The minimum Gasteiger partial charge on any atom is -0.351 e. The van der Waals surface area contributed by atoms with Crippen LogP contribution in [0, 0.1) is 18.7 Å². The number of hydrogen-bond donors (Lipinski definition) is 1. The number of hydrogen-bond acceptors (Lipinski definition) is 3. The van der Waals surface area contributed by atoms with Crippen LogP contribution in [0.2, 0.25) is 0 Å². The van der Waals surface area contributed by atoms with E-state index in [1.165, 1.54) is 19.2 Å². The van der Waals surface area contributed by atoms with Crippen LogP contribution < -0.4 is 5.73 Å². The maximum Gasteiger partial charge on any atom is 0.416 e. The summed E-state index contributed by atoms with van der Waals surface area (Å²) in [5, 5.41) is 0. The van der Waals surface area contributed by atoms with E-state index in [0.29, 0.717) is 63.1 Å². The van der Waals surface area contributed by atoms with E-state index in [2.05, 4.69) is 4.90 Å². The van der Waals surface area contributed by atoms with Crippen molar-refractivity contribution in [3.05, 3.63) is 70.0 Å². The second-order valence-electron chi connectivity index (χ2n) is 11.2. The number of amides is 3. The third kappa shape index (κ3) is 7.16. The highest BCUT2D eigenvalue weighted by Crippen LogP contribution is 2.39. The average molecular weight is 603 g/mol. The molecule has 0 spiro atoms. The van der Waals surface area contributed by atoms with Crippen LogP contribution in [0.5, 0.6) is 0 Å². The highest BCUT2D eigenvalue weighted by Gasteiger charge is 2.41. The van der Waals surface area contributed by atoms with Gasteiger partial charge < -0.3 is 15.5 Å². The number of aryl methyl sites for hydroxylation is 1. The van der Waals surface area contributed by atoms with Gasteiger partial charge >= 0.3 is 18.4 Å². The van der Waals surface area contributed by atoms with Crippen molar-refractivity contribution in [2.75, 3.05) is 33.2 Å². The number of nitrogens with two attached hydrogens (primary N) is 1. The number of urea groups is 1. The van der Waals surface area contributed by atoms with E-state index in [-0.39, 0.29) is 17.7 Å². The molecule has 2 aliphatic heterocycles. The van der Waals surface area contributed by atoms with Crippen molar-refractivity contribution in [1.82, 2.24) is 14.7 Å². The molecule has 6 nitrogen and oxygen atoms in total. The number of piperidine rings is 2. The van der Waals surface area contributed by atoms with Crippen molar-refractivity contribution in [3.8, 4) is 0 Å². The summed E-state index contributed by atoms with van der Waals surface area (Å²) in [7, 11) is 1.36. The van der Waals surface area contributed by atoms with Crippen LogP contribution in [0.4, 0.5) is 35.5 Å². The molecule has 0 aromatic heterocycles. The molecule has 0 aliphatic carbocycles. The molecule has 4 rings (SSSR count). The van der Waals surface area contributed by atoms with Crippen LogP contribution in [-0.4, -0.2) is 65.9 Å². The Morgan fingerprint density at radius 3 is 2.05 bits per heavy atom. The molecule has 1 unspecified atom stereocenters. The number of halogens is 7. The number of nitrogens with zero attached hydrogens (tertiary/aromatic N) is 3. The highest BCUT2D eigenvalue weighted by molar-refractivity contribution is 5.80. The molecule has 2 heterocycles. The van der Waals surface area contributed by atoms with Crippen molar-refractivity contribution in [3.63, 3.8) is 0 Å². The van der Waals surface area contributed by atoms with Gasteiger partial charge in [-0.2, -0.15) is 26.3 Å². The van der Waals surface area contributed by atoms with Crippen LogP contribution in [0.1, 0.15) is 53.0 Å². The van der Waals surface area contributed by atoms with Crippen LogP contribution >= 0.6 is 0 Å². The molecule has 2 atom stereocenters. The Hall–Kier alpha value is -3.35. The Bertz CT molecular complexity index is 1270. The zero-order valence-electron chi connectivity index (χ0n) is 23.2. The van der Waals surface area contributed by atoms with Gasteiger partial charge in [0.05, 0.1) is 11.1 Å². The van der Waals surface area contributed by atoms with Gasteiger partial charge in [0.1, 0.15) is 5.82 Å². The van der Waals surface area contributed by atoms with Gasteiger partial charge in [-0.1, -0.05) is 6.07 Å². The van der Waals surface area contributed by atoms with E-state index >= 15 is 0 Å². The van der Waals surface area contributed by atoms with E-state index < -0.39 is 59.6 Å². The van der Waals surface area contributed by atoms with Crippen molar-refractivity contribution >= 4 is 11.9 Å². The summed E-state index contributed by atoms with van der Waals surface area (Å²) in [6.07, 6.45) is -8.23. The molecule has 0 bridgehead atoms. The molecular weight excluding hydrogens is 569 g/mol. The average Bonchev–Trinajstić information content (AvgIpc) is 2.91. The third-order valence-electron chi connectivity index (χ3n) is 8.33. The molecule has 13 heteroatoms. The summed E-state index contributed by atoms with van der Waals surface area (Å²) in [5.41, 5.74) is 3.62. The van der Waals surface area contributed by atoms with Crippen molar-refractivity contribution < 1.29 is 40.3 Å². The second-order valence-corrected chi connectivity index (χ2v) is 11.2. The first-order valence-electron chi connectivity index (χ1n) is 13.6. The van der Waals surface area contributed by atoms with Crippen LogP contribution in [-0.2, 0) is 23.7 Å². The Kier molecular flexibility index (Phi) is 9.10. The van der Waals surface area contributed by atoms with E-state index in [4.69, 9.17) is 5.73 Å². The number of carbonyl (C=O) groups is 2. The largest absolute Gasteiger partial charge is 0.416 e. The predicted molar refractivity (Wildman–Crippen MR) is 141 cm³/mol. The number of likely N-dealkylation sites (tertiary alicyclic amines) is 2. The maximum absolute atomic E-state index is 14.0. The second kappa shape index (κ2) is 12.1. The lowest BCUT2D eigenvalue weighted by Crippen LogP contribution is -2.53.